The van der Waals surface area contributed by atoms with Crippen molar-refractivity contribution in [2.24, 2.45) is 0 Å². The number of hydrogen-bond donors (Lipinski definition) is 5. The van der Waals surface area contributed by atoms with Crippen molar-refractivity contribution in [2.45, 2.75) is 24.5 Å². The molecule has 4 rings (SSSR count). The van der Waals surface area contributed by atoms with Crippen LogP contribution in [0.4, 0.5) is 5.95 Å². The van der Waals surface area contributed by atoms with Crippen molar-refractivity contribution >= 4 is 17.1 Å². The molecule has 4 atom stereocenters. The molecule has 28 heavy (non-hydrogen) atoms. The third kappa shape index (κ3) is 3.17. The number of imidazole rings is 1. The maximum Gasteiger partial charge on any atom is 0.278 e. The number of aromatic amines is 1. The van der Waals surface area contributed by atoms with Crippen molar-refractivity contribution in [2.75, 3.05) is 50.8 Å². The molecule has 0 bridgehead atoms. The van der Waals surface area contributed by atoms with Gasteiger partial charge in [-0.05, 0) is 0 Å². The predicted octanol–water partition coefficient (Wildman–Crippen LogP) is -3.15. The van der Waals surface area contributed by atoms with Gasteiger partial charge in [-0.15, -0.1) is 0 Å². The normalized spacial score (nSPS) is 29.1. The number of fused-ring (bicyclic) bond motifs is 1. The highest BCUT2D eigenvalue weighted by Crippen LogP contribution is 2.35. The molecule has 0 unspecified atom stereocenters. The summed E-state index contributed by atoms with van der Waals surface area (Å²) in [5.41, 5.74) is -0.0879. The van der Waals surface area contributed by atoms with Crippen LogP contribution in [0.3, 0.4) is 0 Å². The van der Waals surface area contributed by atoms with Crippen LogP contribution < -0.4 is 10.5 Å². The summed E-state index contributed by atoms with van der Waals surface area (Å²) in [6.07, 6.45) is -3.34. The maximum atomic E-state index is 12.2. The van der Waals surface area contributed by atoms with Gasteiger partial charge in [-0.3, -0.25) is 14.3 Å². The van der Waals surface area contributed by atoms with Gasteiger partial charge in [-0.1, -0.05) is 0 Å². The van der Waals surface area contributed by atoms with Crippen LogP contribution in [-0.2, 0) is 4.74 Å². The lowest BCUT2D eigenvalue weighted by molar-refractivity contribution is -0.0505. The number of H-pyrrole nitrogens is 1. The van der Waals surface area contributed by atoms with Crippen LogP contribution >= 0.6 is 0 Å². The van der Waals surface area contributed by atoms with Crippen LogP contribution in [0, 0.1) is 0 Å². The molecule has 0 amide bonds. The highest BCUT2D eigenvalue weighted by Gasteiger charge is 2.45. The number of anilines is 1. The highest BCUT2D eigenvalue weighted by molar-refractivity contribution is 5.74. The lowest BCUT2D eigenvalue weighted by Gasteiger charge is -2.35. The number of piperazine rings is 1. The van der Waals surface area contributed by atoms with Crippen molar-refractivity contribution < 1.29 is 25.2 Å². The summed E-state index contributed by atoms with van der Waals surface area (Å²) in [4.78, 5) is 27.4. The third-order valence-electron chi connectivity index (χ3n) is 5.31. The molecule has 2 aromatic heterocycles. The molecule has 0 radical (unpaired) electrons. The lowest BCUT2D eigenvalue weighted by atomic mass is 10.1. The van der Waals surface area contributed by atoms with Gasteiger partial charge in [0.15, 0.2) is 17.4 Å². The third-order valence-corrected chi connectivity index (χ3v) is 5.31. The molecule has 2 saturated heterocycles. The van der Waals surface area contributed by atoms with Gasteiger partial charge in [0.25, 0.3) is 5.56 Å². The Morgan fingerprint density at radius 1 is 1.18 bits per heavy atom. The molecule has 2 aromatic rings. The van der Waals surface area contributed by atoms with Gasteiger partial charge in [-0.2, -0.15) is 0 Å². The fourth-order valence-electron chi connectivity index (χ4n) is 3.77. The van der Waals surface area contributed by atoms with Crippen molar-refractivity contribution in [1.82, 2.24) is 24.4 Å². The van der Waals surface area contributed by atoms with E-state index < -0.39 is 36.7 Å². The zero-order chi connectivity index (χ0) is 19.8. The number of nitrogens with one attached hydrogen (secondary N) is 1. The molecule has 0 aromatic carbocycles. The van der Waals surface area contributed by atoms with Crippen molar-refractivity contribution in [1.29, 1.82) is 0 Å². The predicted molar refractivity (Wildman–Crippen MR) is 96.9 cm³/mol. The molecule has 2 aliphatic rings. The molecule has 0 saturated carbocycles. The number of β-amino-alcohol motifs (C(OH)–C–C–N with tert-alkyl or cyclic N) is 1. The van der Waals surface area contributed by atoms with Gasteiger partial charge in [-0.25, -0.2) is 9.97 Å². The second-order valence-electron chi connectivity index (χ2n) is 6.97. The van der Waals surface area contributed by atoms with E-state index >= 15 is 0 Å². The van der Waals surface area contributed by atoms with Gasteiger partial charge >= 0.3 is 0 Å². The molecule has 12 nitrogen and oxygen atoms in total. The number of ether oxygens (including phenoxy) is 1. The van der Waals surface area contributed by atoms with E-state index in [4.69, 9.17) is 9.84 Å². The Bertz CT molecular complexity index is 878. The molecule has 0 aliphatic carbocycles. The smallest absolute Gasteiger partial charge is 0.278 e. The van der Waals surface area contributed by atoms with Gasteiger partial charge in [0, 0.05) is 32.7 Å². The summed E-state index contributed by atoms with van der Waals surface area (Å²) in [7, 11) is 0. The first-order chi connectivity index (χ1) is 13.5. The Balaban J connectivity index is 1.74. The van der Waals surface area contributed by atoms with E-state index in [9.17, 15) is 20.1 Å². The average molecular weight is 396 g/mol. The molecular formula is C16H24N6O6. The van der Waals surface area contributed by atoms with Gasteiger partial charge in [0.2, 0.25) is 5.95 Å². The average Bonchev–Trinajstić information content (AvgIpc) is 3.22. The summed E-state index contributed by atoms with van der Waals surface area (Å²) in [5.74, 6) is 0.401. The second kappa shape index (κ2) is 7.73. The van der Waals surface area contributed by atoms with Crippen LogP contribution in [0.1, 0.15) is 6.23 Å². The summed E-state index contributed by atoms with van der Waals surface area (Å²) in [6.45, 7) is 2.80. The number of hydrogen-bond acceptors (Lipinski definition) is 10. The van der Waals surface area contributed by atoms with E-state index in [0.717, 1.165) is 0 Å². The molecule has 2 fully saturated rings. The molecule has 12 heteroatoms. The van der Waals surface area contributed by atoms with Gasteiger partial charge < -0.3 is 35.0 Å². The lowest BCUT2D eigenvalue weighted by Crippen LogP contribution is -2.48. The van der Waals surface area contributed by atoms with Crippen molar-refractivity contribution in [3.8, 4) is 0 Å². The first-order valence-corrected chi connectivity index (χ1v) is 9.21. The maximum absolute atomic E-state index is 12.2. The topological polar surface area (TPSA) is 160 Å². The van der Waals surface area contributed by atoms with E-state index in [0.29, 0.717) is 38.7 Å². The standard InChI is InChI=1S/C16H24N6O6/c23-6-5-20-1-3-21(4-2-20)16-19-10-13(17-8-18-14(10)27)22(16)15-12(26)11(25)9(7-24)28-15/h8-9,11-12,15,23-26H,1-7H2,(H,17,18,27)/t9-,11-,12-,15-/m1/s1. The highest BCUT2D eigenvalue weighted by atomic mass is 16.6. The fourth-order valence-corrected chi connectivity index (χ4v) is 3.77. The molecule has 154 valence electrons. The van der Waals surface area contributed by atoms with Crippen LogP contribution in [0.2, 0.25) is 0 Å². The minimum absolute atomic E-state index is 0.0837. The molecule has 2 aliphatic heterocycles. The van der Waals surface area contributed by atoms with E-state index in [1.165, 1.54) is 10.9 Å². The zero-order valence-corrected chi connectivity index (χ0v) is 15.2. The van der Waals surface area contributed by atoms with E-state index in [2.05, 4.69) is 19.9 Å². The largest absolute Gasteiger partial charge is 0.395 e. The molecule has 0 spiro atoms. The second-order valence-corrected chi connectivity index (χ2v) is 6.97. The molecule has 5 N–H and O–H groups in total. The monoisotopic (exact) mass is 396 g/mol. The Kier molecular flexibility index (Phi) is 5.31. The molecule has 4 heterocycles. The Labute approximate surface area is 159 Å². The zero-order valence-electron chi connectivity index (χ0n) is 15.2. The Morgan fingerprint density at radius 3 is 2.57 bits per heavy atom. The number of nitrogens with zero attached hydrogens (tertiary/aromatic N) is 5. The van der Waals surface area contributed by atoms with Crippen LogP contribution in [-0.4, -0.2) is 109 Å². The molecular weight excluding hydrogens is 372 g/mol. The minimum atomic E-state index is -1.31. The minimum Gasteiger partial charge on any atom is -0.395 e. The van der Waals surface area contributed by atoms with Crippen LogP contribution in [0.25, 0.3) is 11.2 Å². The van der Waals surface area contributed by atoms with Crippen LogP contribution in [0.5, 0.6) is 0 Å². The summed E-state index contributed by atoms with van der Waals surface area (Å²) >= 11 is 0. The van der Waals surface area contributed by atoms with Crippen LogP contribution in [0.15, 0.2) is 11.1 Å². The number of rotatable bonds is 5. The first-order valence-electron chi connectivity index (χ1n) is 9.21. The van der Waals surface area contributed by atoms with E-state index in [1.54, 1.807) is 0 Å². The summed E-state index contributed by atoms with van der Waals surface area (Å²) < 4.78 is 7.18. The van der Waals surface area contributed by atoms with Crippen molar-refractivity contribution in [3.05, 3.63) is 16.7 Å². The van der Waals surface area contributed by atoms with Crippen molar-refractivity contribution in [3.63, 3.8) is 0 Å². The number of aromatic nitrogens is 4. The van der Waals surface area contributed by atoms with Gasteiger partial charge in [0.05, 0.1) is 19.5 Å². The quantitative estimate of drug-likeness (QED) is 0.349. The SMILES string of the molecule is O=c1[nH]cnc2c1nc(N1CCN(CCO)CC1)n2[C@@H]1O[C@H](CO)[C@@H](O)[C@H]1O. The summed E-state index contributed by atoms with van der Waals surface area (Å²) in [6, 6.07) is 0. The Hall–Kier alpha value is -2.09. The van der Waals surface area contributed by atoms with E-state index in [-0.39, 0.29) is 17.8 Å². The number of aliphatic hydroxyl groups is 4. The number of aliphatic hydroxyl groups excluding tert-OH is 4. The van der Waals surface area contributed by atoms with Gasteiger partial charge in [0.1, 0.15) is 18.3 Å². The fraction of sp³-hybridized carbons (Fsp3) is 0.688. The first kappa shape index (κ1) is 19.2. The van der Waals surface area contributed by atoms with E-state index in [1.807, 2.05) is 4.90 Å². The Morgan fingerprint density at radius 2 is 1.93 bits per heavy atom. The summed E-state index contributed by atoms with van der Waals surface area (Å²) in [5, 5.41) is 39.1.